The number of hydrogen-bond acceptors (Lipinski definition) is 8. The predicted octanol–water partition coefficient (Wildman–Crippen LogP) is 5.60. The molecule has 0 aliphatic heterocycles. The second-order valence-electron chi connectivity index (χ2n) is 7.45. The van der Waals surface area contributed by atoms with Gasteiger partial charge in [0, 0.05) is 24.2 Å². The average Bonchev–Trinajstić information content (AvgIpc) is 2.89. The molecule has 1 N–H and O–H groups in total. The third-order valence-corrected chi connectivity index (χ3v) is 5.01. The maximum Gasteiger partial charge on any atom is 0.411 e. The van der Waals surface area contributed by atoms with E-state index in [2.05, 4.69) is 15.3 Å². The van der Waals surface area contributed by atoms with Gasteiger partial charge in [0.25, 0.3) is 0 Å². The number of nitrogens with one attached hydrogen (secondary N) is 1. The minimum absolute atomic E-state index is 0.150. The Morgan fingerprint density at radius 3 is 2.44 bits per heavy atom. The van der Waals surface area contributed by atoms with Crippen molar-refractivity contribution in [2.24, 2.45) is 0 Å². The number of methoxy groups -OCH3 is 2. The number of carbonyl (C=O) groups is 1. The summed E-state index contributed by atoms with van der Waals surface area (Å²) in [5.74, 6) is 2.00. The molecule has 3 aromatic carbocycles. The van der Waals surface area contributed by atoms with Crippen LogP contribution in [-0.2, 0) is 4.74 Å². The Morgan fingerprint density at radius 1 is 0.917 bits per heavy atom. The highest BCUT2D eigenvalue weighted by Crippen LogP contribution is 2.35. The molecule has 0 saturated carbocycles. The second kappa shape index (κ2) is 11.7. The van der Waals surface area contributed by atoms with Crippen molar-refractivity contribution in [3.63, 3.8) is 0 Å². The van der Waals surface area contributed by atoms with E-state index in [9.17, 15) is 9.18 Å². The van der Waals surface area contributed by atoms with Gasteiger partial charge >= 0.3 is 6.09 Å². The molecule has 0 atom stereocenters. The van der Waals surface area contributed by atoms with Crippen LogP contribution < -0.4 is 24.3 Å². The number of amides is 1. The summed E-state index contributed by atoms with van der Waals surface area (Å²) < 4.78 is 40.3. The number of rotatable bonds is 10. The smallest absolute Gasteiger partial charge is 0.411 e. The zero-order valence-electron chi connectivity index (χ0n) is 19.7. The van der Waals surface area contributed by atoms with E-state index in [0.717, 1.165) is 0 Å². The molecule has 0 aliphatic carbocycles. The fourth-order valence-electron chi connectivity index (χ4n) is 3.28. The molecule has 0 aliphatic rings. The molecule has 186 valence electrons. The van der Waals surface area contributed by atoms with Crippen molar-refractivity contribution in [2.75, 3.05) is 32.8 Å². The van der Waals surface area contributed by atoms with Gasteiger partial charge in [0.05, 0.1) is 38.3 Å². The topological polar surface area (TPSA) is 101 Å². The maximum absolute atomic E-state index is 13.1. The number of carbonyl (C=O) groups excluding carboxylic acids is 1. The lowest BCUT2D eigenvalue weighted by Gasteiger charge is -2.12. The number of benzene rings is 3. The fraction of sp³-hybridized carbons (Fsp3) is 0.192. The van der Waals surface area contributed by atoms with Crippen LogP contribution in [0.4, 0.5) is 14.9 Å². The fourth-order valence-corrected chi connectivity index (χ4v) is 3.28. The molecular weight excluding hydrogens is 469 g/mol. The summed E-state index contributed by atoms with van der Waals surface area (Å²) in [5.41, 5.74) is 1.17. The lowest BCUT2D eigenvalue weighted by molar-refractivity contribution is 0.152. The van der Waals surface area contributed by atoms with Crippen LogP contribution >= 0.6 is 0 Å². The SMILES string of the molecule is COc1cc2ncnc(Oc3ccc(NC(=O)OCCCOc4cccc(F)c4)cc3)c2cc1OC. The molecule has 0 radical (unpaired) electrons. The number of halogens is 1. The van der Waals surface area contributed by atoms with Gasteiger partial charge in [0.15, 0.2) is 11.5 Å². The van der Waals surface area contributed by atoms with Crippen LogP contribution in [0.2, 0.25) is 0 Å². The highest BCUT2D eigenvalue weighted by Gasteiger charge is 2.13. The molecule has 1 heterocycles. The van der Waals surface area contributed by atoms with Crippen molar-refractivity contribution in [1.82, 2.24) is 9.97 Å². The van der Waals surface area contributed by atoms with Gasteiger partial charge in [-0.3, -0.25) is 5.32 Å². The monoisotopic (exact) mass is 493 g/mol. The summed E-state index contributed by atoms with van der Waals surface area (Å²) in [6, 6.07) is 16.1. The van der Waals surface area contributed by atoms with Crippen LogP contribution in [0.25, 0.3) is 10.9 Å². The van der Waals surface area contributed by atoms with Gasteiger partial charge in [-0.05, 0) is 42.5 Å². The summed E-state index contributed by atoms with van der Waals surface area (Å²) in [6.07, 6.45) is 1.26. The quantitative estimate of drug-likeness (QED) is 0.285. The molecule has 0 unspecified atom stereocenters. The van der Waals surface area contributed by atoms with Gasteiger partial charge in [-0.25, -0.2) is 19.2 Å². The van der Waals surface area contributed by atoms with Gasteiger partial charge in [-0.2, -0.15) is 0 Å². The first-order valence-corrected chi connectivity index (χ1v) is 11.0. The highest BCUT2D eigenvalue weighted by molar-refractivity contribution is 5.87. The van der Waals surface area contributed by atoms with Gasteiger partial charge in [0.1, 0.15) is 23.6 Å². The van der Waals surface area contributed by atoms with Gasteiger partial charge < -0.3 is 23.7 Å². The molecule has 0 saturated heterocycles. The first-order chi connectivity index (χ1) is 17.6. The first-order valence-electron chi connectivity index (χ1n) is 11.0. The minimum Gasteiger partial charge on any atom is -0.493 e. The zero-order valence-corrected chi connectivity index (χ0v) is 19.7. The molecule has 4 aromatic rings. The third-order valence-electron chi connectivity index (χ3n) is 5.01. The van der Waals surface area contributed by atoms with Crippen LogP contribution in [0.15, 0.2) is 67.0 Å². The number of aromatic nitrogens is 2. The van der Waals surface area contributed by atoms with E-state index in [0.29, 0.717) is 58.5 Å². The number of nitrogens with zero attached hydrogens (tertiary/aromatic N) is 2. The van der Waals surface area contributed by atoms with Gasteiger partial charge in [-0.15, -0.1) is 0 Å². The summed E-state index contributed by atoms with van der Waals surface area (Å²) >= 11 is 0. The first kappa shape index (κ1) is 24.5. The van der Waals surface area contributed by atoms with E-state index >= 15 is 0 Å². The van der Waals surface area contributed by atoms with Crippen LogP contribution in [-0.4, -0.2) is 43.5 Å². The largest absolute Gasteiger partial charge is 0.493 e. The Kier molecular flexibility index (Phi) is 7.97. The molecule has 4 rings (SSSR count). The van der Waals surface area contributed by atoms with E-state index < -0.39 is 6.09 Å². The summed E-state index contributed by atoms with van der Waals surface area (Å²) in [6.45, 7) is 0.441. The number of ether oxygens (including phenoxy) is 5. The molecule has 0 fully saturated rings. The van der Waals surface area contributed by atoms with E-state index in [1.807, 2.05) is 0 Å². The van der Waals surface area contributed by atoms with Gasteiger partial charge in [-0.1, -0.05) is 6.07 Å². The van der Waals surface area contributed by atoms with Crippen molar-refractivity contribution < 1.29 is 32.9 Å². The molecule has 9 nitrogen and oxygen atoms in total. The minimum atomic E-state index is -0.600. The van der Waals surface area contributed by atoms with Crippen molar-refractivity contribution in [3.05, 3.63) is 72.8 Å². The maximum atomic E-state index is 13.1. The molecule has 1 amide bonds. The van der Waals surface area contributed by atoms with E-state index in [-0.39, 0.29) is 12.4 Å². The zero-order chi connectivity index (χ0) is 25.3. The Hall–Kier alpha value is -4.60. The Balaban J connectivity index is 1.28. The number of fused-ring (bicyclic) bond motifs is 1. The molecule has 10 heteroatoms. The van der Waals surface area contributed by atoms with Crippen molar-refractivity contribution in [1.29, 1.82) is 0 Å². The molecule has 0 bridgehead atoms. The Morgan fingerprint density at radius 2 is 1.69 bits per heavy atom. The standard InChI is InChI=1S/C26H24FN3O6/c1-32-23-14-21-22(15-24(23)33-2)28-16-29-25(21)36-19-9-7-18(8-10-19)30-26(31)35-12-4-11-34-20-6-3-5-17(27)13-20/h3,5-10,13-16H,4,11-12H2,1-2H3,(H,30,31). The summed E-state index contributed by atoms with van der Waals surface area (Å²) in [5, 5.41) is 3.30. The predicted molar refractivity (Wildman–Crippen MR) is 131 cm³/mol. The molecule has 1 aromatic heterocycles. The average molecular weight is 493 g/mol. The Bertz CT molecular complexity index is 1330. The van der Waals surface area contributed by atoms with Crippen LogP contribution in [0.3, 0.4) is 0 Å². The number of anilines is 1. The summed E-state index contributed by atoms with van der Waals surface area (Å²) in [7, 11) is 3.10. The van der Waals surface area contributed by atoms with E-state index in [1.54, 1.807) is 62.8 Å². The van der Waals surface area contributed by atoms with Crippen molar-refractivity contribution in [2.45, 2.75) is 6.42 Å². The number of hydrogen-bond donors (Lipinski definition) is 1. The lowest BCUT2D eigenvalue weighted by atomic mass is 10.2. The normalized spacial score (nSPS) is 10.5. The van der Waals surface area contributed by atoms with E-state index in [4.69, 9.17) is 23.7 Å². The molecular formula is C26H24FN3O6. The summed E-state index contributed by atoms with van der Waals surface area (Å²) in [4.78, 5) is 20.5. The van der Waals surface area contributed by atoms with Crippen molar-refractivity contribution >= 4 is 22.7 Å². The van der Waals surface area contributed by atoms with Crippen molar-refractivity contribution in [3.8, 4) is 28.9 Å². The highest BCUT2D eigenvalue weighted by atomic mass is 19.1. The van der Waals surface area contributed by atoms with E-state index in [1.165, 1.54) is 18.5 Å². The second-order valence-corrected chi connectivity index (χ2v) is 7.45. The van der Waals surface area contributed by atoms with Crippen LogP contribution in [0.5, 0.6) is 28.9 Å². The van der Waals surface area contributed by atoms with Crippen LogP contribution in [0.1, 0.15) is 6.42 Å². The lowest BCUT2D eigenvalue weighted by Crippen LogP contribution is -2.15. The Labute approximate surface area is 206 Å². The molecule has 0 spiro atoms. The van der Waals surface area contributed by atoms with Crippen LogP contribution in [0, 0.1) is 5.82 Å². The third kappa shape index (κ3) is 6.29. The van der Waals surface area contributed by atoms with Gasteiger partial charge in [0.2, 0.25) is 5.88 Å². The molecule has 36 heavy (non-hydrogen) atoms.